The lowest BCUT2D eigenvalue weighted by Crippen LogP contribution is -2.34. The van der Waals surface area contributed by atoms with Crippen LogP contribution in [0.1, 0.15) is 27.8 Å². The van der Waals surface area contributed by atoms with E-state index < -0.39 is 5.41 Å². The largest absolute Gasteiger partial charge is 0.456 e. The van der Waals surface area contributed by atoms with Crippen molar-refractivity contribution in [3.8, 4) is 11.5 Å². The quantitative estimate of drug-likeness (QED) is 0.354. The molecule has 0 N–H and O–H groups in total. The van der Waals surface area contributed by atoms with Gasteiger partial charge in [-0.2, -0.15) is 0 Å². The number of hydrogen-bond donors (Lipinski definition) is 0. The van der Waals surface area contributed by atoms with Crippen LogP contribution >= 0.6 is 0 Å². The van der Waals surface area contributed by atoms with E-state index in [4.69, 9.17) is 4.74 Å². The Morgan fingerprint density at radius 3 is 1.78 bits per heavy atom. The van der Waals surface area contributed by atoms with Gasteiger partial charge in [0, 0.05) is 11.1 Å². The van der Waals surface area contributed by atoms with Crippen LogP contribution in [0.4, 0.5) is 0 Å². The van der Waals surface area contributed by atoms with Crippen LogP contribution in [0.2, 0.25) is 0 Å². The Hall–Kier alpha value is -3.32. The van der Waals surface area contributed by atoms with Crippen LogP contribution in [0, 0.1) is 6.92 Å². The summed E-state index contributed by atoms with van der Waals surface area (Å²) in [6, 6.07) is 36.4. The van der Waals surface area contributed by atoms with Gasteiger partial charge in [-0.05, 0) is 29.7 Å². The molecule has 1 heteroatoms. The molecule has 4 aromatic carbocycles. The molecule has 0 fully saturated rings. The average Bonchev–Trinajstić information content (AvgIpc) is 2.74. The normalized spacial score (nSPS) is 14.0. The molecular formula is C26H20O. The van der Waals surface area contributed by atoms with E-state index in [9.17, 15) is 0 Å². The molecule has 1 aliphatic heterocycles. The molecule has 1 aliphatic rings. The summed E-state index contributed by atoms with van der Waals surface area (Å²) in [6.07, 6.45) is 0. The Balaban J connectivity index is 1.99. The summed E-state index contributed by atoms with van der Waals surface area (Å²) in [5.74, 6) is 1.89. The summed E-state index contributed by atoms with van der Waals surface area (Å²) in [4.78, 5) is 0. The lowest BCUT2D eigenvalue weighted by Gasteiger charge is -2.42. The molecule has 0 saturated carbocycles. The number of para-hydroxylation sites is 2. The molecule has 0 atom stereocenters. The van der Waals surface area contributed by atoms with Crippen molar-refractivity contribution in [2.24, 2.45) is 0 Å². The molecule has 0 aromatic heterocycles. The van der Waals surface area contributed by atoms with Crippen molar-refractivity contribution >= 4 is 0 Å². The van der Waals surface area contributed by atoms with Gasteiger partial charge in [0.1, 0.15) is 11.5 Å². The number of fused-ring (bicyclic) bond motifs is 2. The van der Waals surface area contributed by atoms with Crippen molar-refractivity contribution in [2.75, 3.05) is 0 Å². The van der Waals surface area contributed by atoms with Crippen molar-refractivity contribution in [3.63, 3.8) is 0 Å². The highest BCUT2D eigenvalue weighted by Crippen LogP contribution is 2.55. The first-order valence-electron chi connectivity index (χ1n) is 9.30. The second-order valence-electron chi connectivity index (χ2n) is 7.03. The maximum Gasteiger partial charge on any atom is 0.135 e. The Morgan fingerprint density at radius 2 is 1.11 bits per heavy atom. The van der Waals surface area contributed by atoms with Crippen LogP contribution in [-0.2, 0) is 5.41 Å². The SMILES string of the molecule is Cc1cccc2c1Oc1ccccc1C2(c1ccccc1)c1ccccc1. The van der Waals surface area contributed by atoms with Crippen molar-refractivity contribution in [1.29, 1.82) is 0 Å². The molecule has 0 unspecified atom stereocenters. The number of aryl methyl sites for hydroxylation is 1. The van der Waals surface area contributed by atoms with Crippen molar-refractivity contribution in [1.82, 2.24) is 0 Å². The molecular weight excluding hydrogens is 328 g/mol. The second kappa shape index (κ2) is 6.14. The molecule has 1 nitrogen and oxygen atoms in total. The first kappa shape index (κ1) is 15.9. The standard InChI is InChI=1S/C26H20O/c1-19-11-10-17-23-25(19)27-24-18-9-8-16-22(24)26(23,20-12-4-2-5-13-20)21-14-6-3-7-15-21/h2-18H,1H3. The molecule has 27 heavy (non-hydrogen) atoms. The van der Waals surface area contributed by atoms with Gasteiger partial charge in [-0.15, -0.1) is 0 Å². The predicted molar refractivity (Wildman–Crippen MR) is 110 cm³/mol. The molecule has 0 spiro atoms. The molecule has 0 aliphatic carbocycles. The summed E-state index contributed by atoms with van der Waals surface area (Å²) in [7, 11) is 0. The van der Waals surface area contributed by atoms with Gasteiger partial charge in [-0.3, -0.25) is 0 Å². The van der Waals surface area contributed by atoms with Crippen LogP contribution in [-0.4, -0.2) is 0 Å². The smallest absolute Gasteiger partial charge is 0.135 e. The lowest BCUT2D eigenvalue weighted by molar-refractivity contribution is 0.431. The summed E-state index contributed by atoms with van der Waals surface area (Å²) >= 11 is 0. The van der Waals surface area contributed by atoms with E-state index >= 15 is 0 Å². The fourth-order valence-corrected chi connectivity index (χ4v) is 4.37. The third-order valence-corrected chi connectivity index (χ3v) is 5.53. The van der Waals surface area contributed by atoms with Crippen LogP contribution in [0.3, 0.4) is 0 Å². The zero-order valence-corrected chi connectivity index (χ0v) is 15.2. The van der Waals surface area contributed by atoms with E-state index in [1.54, 1.807) is 0 Å². The molecule has 1 heterocycles. The summed E-state index contributed by atoms with van der Waals surface area (Å²) < 4.78 is 6.41. The minimum absolute atomic E-state index is 0.404. The Bertz CT molecular complexity index is 1060. The van der Waals surface area contributed by atoms with Gasteiger partial charge in [0.2, 0.25) is 0 Å². The van der Waals surface area contributed by atoms with Crippen molar-refractivity contribution in [3.05, 3.63) is 131 Å². The fraction of sp³-hybridized carbons (Fsp3) is 0.0769. The van der Waals surface area contributed by atoms with Gasteiger partial charge < -0.3 is 4.74 Å². The van der Waals surface area contributed by atoms with Gasteiger partial charge in [-0.25, -0.2) is 0 Å². The van der Waals surface area contributed by atoms with Crippen LogP contribution in [0.15, 0.2) is 103 Å². The van der Waals surface area contributed by atoms with E-state index in [1.165, 1.54) is 22.3 Å². The van der Waals surface area contributed by atoms with Crippen molar-refractivity contribution in [2.45, 2.75) is 12.3 Å². The van der Waals surface area contributed by atoms with E-state index in [0.717, 1.165) is 17.1 Å². The Morgan fingerprint density at radius 1 is 0.556 bits per heavy atom. The molecule has 0 amide bonds. The highest BCUT2D eigenvalue weighted by atomic mass is 16.5. The average molecular weight is 348 g/mol. The zero-order chi connectivity index (χ0) is 18.3. The van der Waals surface area contributed by atoms with E-state index in [0.29, 0.717) is 0 Å². The maximum absolute atomic E-state index is 6.41. The van der Waals surface area contributed by atoms with Crippen LogP contribution in [0.5, 0.6) is 11.5 Å². The lowest BCUT2D eigenvalue weighted by atomic mass is 9.63. The minimum atomic E-state index is -0.404. The Kier molecular flexibility index (Phi) is 3.61. The van der Waals surface area contributed by atoms with Crippen molar-refractivity contribution < 1.29 is 4.74 Å². The zero-order valence-electron chi connectivity index (χ0n) is 15.2. The van der Waals surface area contributed by atoms with Gasteiger partial charge in [0.25, 0.3) is 0 Å². The van der Waals surface area contributed by atoms with Gasteiger partial charge in [0.15, 0.2) is 0 Å². The van der Waals surface area contributed by atoms with Crippen LogP contribution < -0.4 is 4.74 Å². The van der Waals surface area contributed by atoms with E-state index in [-0.39, 0.29) is 0 Å². The molecule has 4 aromatic rings. The fourth-order valence-electron chi connectivity index (χ4n) is 4.37. The van der Waals surface area contributed by atoms with Gasteiger partial charge in [-0.1, -0.05) is 97.1 Å². The number of hydrogen-bond acceptors (Lipinski definition) is 1. The van der Waals surface area contributed by atoms with E-state index in [2.05, 4.69) is 104 Å². The monoisotopic (exact) mass is 348 g/mol. The number of benzene rings is 4. The molecule has 130 valence electrons. The maximum atomic E-state index is 6.41. The predicted octanol–water partition coefficient (Wildman–Crippen LogP) is 6.48. The summed E-state index contributed by atoms with van der Waals surface area (Å²) in [6.45, 7) is 2.12. The highest BCUT2D eigenvalue weighted by Gasteiger charge is 2.45. The van der Waals surface area contributed by atoms with Gasteiger partial charge >= 0.3 is 0 Å². The first-order valence-corrected chi connectivity index (χ1v) is 9.30. The summed E-state index contributed by atoms with van der Waals surface area (Å²) in [5.41, 5.74) is 5.62. The van der Waals surface area contributed by atoms with Crippen LogP contribution in [0.25, 0.3) is 0 Å². The highest BCUT2D eigenvalue weighted by molar-refractivity contribution is 5.70. The molecule has 0 radical (unpaired) electrons. The third-order valence-electron chi connectivity index (χ3n) is 5.53. The minimum Gasteiger partial charge on any atom is -0.456 e. The number of rotatable bonds is 2. The molecule has 0 bridgehead atoms. The topological polar surface area (TPSA) is 9.23 Å². The number of ether oxygens (including phenoxy) is 1. The molecule has 0 saturated heterocycles. The van der Waals surface area contributed by atoms with Gasteiger partial charge in [0.05, 0.1) is 5.41 Å². The molecule has 5 rings (SSSR count). The van der Waals surface area contributed by atoms with E-state index in [1.807, 2.05) is 6.07 Å². The Labute approximate surface area is 159 Å². The third kappa shape index (κ3) is 2.25. The second-order valence-corrected chi connectivity index (χ2v) is 7.03. The first-order chi connectivity index (χ1) is 13.3. The summed E-state index contributed by atoms with van der Waals surface area (Å²) in [5, 5.41) is 0.